The van der Waals surface area contributed by atoms with Gasteiger partial charge in [0.05, 0.1) is 0 Å². The molecule has 0 bridgehead atoms. The summed E-state index contributed by atoms with van der Waals surface area (Å²) in [6.07, 6.45) is 11.1. The zero-order chi connectivity index (χ0) is 17.4. The summed E-state index contributed by atoms with van der Waals surface area (Å²) < 4.78 is 0. The molecule has 0 spiro atoms. The molecule has 1 amide bonds. The molecule has 4 nitrogen and oxygen atoms in total. The molecule has 4 heteroatoms. The average molecular weight is 348 g/mol. The maximum absolute atomic E-state index is 12.8. The summed E-state index contributed by atoms with van der Waals surface area (Å²) >= 11 is 0. The largest absolute Gasteiger partial charge is 0.336 e. The van der Waals surface area contributed by atoms with Gasteiger partial charge in [0.2, 0.25) is 5.91 Å². The molecule has 2 aliphatic heterocycles. The molecule has 2 aliphatic carbocycles. The summed E-state index contributed by atoms with van der Waals surface area (Å²) in [7, 11) is 2.23. The van der Waals surface area contributed by atoms with Crippen LogP contribution in [-0.2, 0) is 4.79 Å². The van der Waals surface area contributed by atoms with Crippen LogP contribution in [0.15, 0.2) is 0 Å². The van der Waals surface area contributed by atoms with Crippen LogP contribution < -0.4 is 5.32 Å². The maximum Gasteiger partial charge on any atom is 0.223 e. The van der Waals surface area contributed by atoms with E-state index in [9.17, 15) is 4.79 Å². The van der Waals surface area contributed by atoms with Crippen molar-refractivity contribution in [3.8, 4) is 0 Å². The molecule has 0 radical (unpaired) electrons. The van der Waals surface area contributed by atoms with Crippen molar-refractivity contribution in [3.63, 3.8) is 0 Å². The van der Waals surface area contributed by atoms with Crippen molar-refractivity contribution >= 4 is 5.91 Å². The highest BCUT2D eigenvalue weighted by molar-refractivity contribution is 5.80. The Morgan fingerprint density at radius 3 is 2.52 bits per heavy atom. The summed E-state index contributed by atoms with van der Waals surface area (Å²) in [5.41, 5.74) is 0. The first-order valence-corrected chi connectivity index (χ1v) is 10.9. The number of rotatable bonds is 4. The van der Waals surface area contributed by atoms with Gasteiger partial charge in [0.1, 0.15) is 0 Å². The van der Waals surface area contributed by atoms with E-state index >= 15 is 0 Å². The zero-order valence-electron chi connectivity index (χ0n) is 16.3. The van der Waals surface area contributed by atoms with Crippen molar-refractivity contribution in [1.29, 1.82) is 0 Å². The van der Waals surface area contributed by atoms with E-state index in [1.807, 2.05) is 0 Å². The van der Waals surface area contributed by atoms with Crippen molar-refractivity contribution in [2.24, 2.45) is 17.8 Å². The highest BCUT2D eigenvalue weighted by atomic mass is 16.2. The fourth-order valence-corrected chi connectivity index (χ4v) is 6.24. The van der Waals surface area contributed by atoms with E-state index in [-0.39, 0.29) is 0 Å². The summed E-state index contributed by atoms with van der Waals surface area (Å²) in [6.45, 7) is 6.00. The Hall–Kier alpha value is -0.610. The minimum absolute atomic E-state index is 0.470. The Labute approximate surface area is 153 Å². The number of nitrogens with one attached hydrogen (secondary N) is 1. The number of hydrogen-bond acceptors (Lipinski definition) is 3. The molecule has 1 N–H and O–H groups in total. The summed E-state index contributed by atoms with van der Waals surface area (Å²) in [4.78, 5) is 17.6. The van der Waals surface area contributed by atoms with E-state index < -0.39 is 0 Å². The van der Waals surface area contributed by atoms with Gasteiger partial charge in [-0.3, -0.25) is 4.79 Å². The van der Waals surface area contributed by atoms with Gasteiger partial charge in [-0.25, -0.2) is 0 Å². The molecular formula is C21H37N3O. The van der Waals surface area contributed by atoms with Crippen molar-refractivity contribution in [1.82, 2.24) is 15.1 Å². The minimum Gasteiger partial charge on any atom is -0.336 e. The van der Waals surface area contributed by atoms with Gasteiger partial charge in [0, 0.05) is 24.5 Å². The predicted molar refractivity (Wildman–Crippen MR) is 101 cm³/mol. The second-order valence-electron chi connectivity index (χ2n) is 9.39. The maximum atomic E-state index is 12.8. The normalized spacial score (nSPS) is 38.5. The number of amides is 1. The van der Waals surface area contributed by atoms with Crippen molar-refractivity contribution in [2.75, 3.05) is 26.7 Å². The van der Waals surface area contributed by atoms with Gasteiger partial charge < -0.3 is 15.1 Å². The quantitative estimate of drug-likeness (QED) is 0.849. The van der Waals surface area contributed by atoms with Gasteiger partial charge >= 0.3 is 0 Å². The lowest BCUT2D eigenvalue weighted by Gasteiger charge is -2.35. The van der Waals surface area contributed by atoms with Crippen LogP contribution >= 0.6 is 0 Å². The molecule has 4 atom stereocenters. The Morgan fingerprint density at radius 1 is 1.08 bits per heavy atom. The number of nitrogens with zero attached hydrogens (tertiary/aromatic N) is 2. The van der Waals surface area contributed by atoms with Crippen molar-refractivity contribution in [3.05, 3.63) is 0 Å². The van der Waals surface area contributed by atoms with Crippen LogP contribution in [0.4, 0.5) is 0 Å². The molecule has 0 unspecified atom stereocenters. The van der Waals surface area contributed by atoms with Crippen LogP contribution in [0.3, 0.4) is 0 Å². The number of carbonyl (C=O) groups is 1. The Bertz CT molecular complexity index is 468. The first-order chi connectivity index (χ1) is 12.1. The third kappa shape index (κ3) is 3.62. The Balaban J connectivity index is 1.36. The van der Waals surface area contributed by atoms with Crippen LogP contribution in [0.1, 0.15) is 64.7 Å². The molecular weight excluding hydrogens is 310 g/mol. The van der Waals surface area contributed by atoms with E-state index in [2.05, 4.69) is 29.1 Å². The van der Waals surface area contributed by atoms with E-state index in [1.165, 1.54) is 64.5 Å². The summed E-state index contributed by atoms with van der Waals surface area (Å²) in [5, 5.41) is 3.88. The minimum atomic E-state index is 0.470. The third-order valence-corrected chi connectivity index (χ3v) is 7.77. The molecule has 25 heavy (non-hydrogen) atoms. The molecule has 0 aromatic carbocycles. The monoisotopic (exact) mass is 347 g/mol. The molecule has 0 aromatic rings. The van der Waals surface area contributed by atoms with Gasteiger partial charge in [0.25, 0.3) is 0 Å². The molecule has 2 saturated carbocycles. The SMILES string of the molecule is C[C@H]1C[C@@H]2[C@@H](CC(=O)N2C2CCCCC2)[C@@H]1CNC1CCN(C)CC1. The molecule has 142 valence electrons. The average Bonchev–Trinajstić information content (AvgIpc) is 3.08. The predicted octanol–water partition coefficient (Wildman–Crippen LogP) is 2.88. The number of hydrogen-bond donors (Lipinski definition) is 1. The summed E-state index contributed by atoms with van der Waals surface area (Å²) in [6, 6.07) is 1.80. The van der Waals surface area contributed by atoms with Crippen molar-refractivity contribution in [2.45, 2.75) is 82.8 Å². The van der Waals surface area contributed by atoms with Crippen LogP contribution in [0.5, 0.6) is 0 Å². The van der Waals surface area contributed by atoms with E-state index in [4.69, 9.17) is 0 Å². The highest BCUT2D eigenvalue weighted by Crippen LogP contribution is 2.47. The first-order valence-electron chi connectivity index (χ1n) is 10.9. The fraction of sp³-hybridized carbons (Fsp3) is 0.952. The number of likely N-dealkylation sites (tertiary alicyclic amines) is 2. The third-order valence-electron chi connectivity index (χ3n) is 7.77. The number of fused-ring (bicyclic) bond motifs is 1. The molecule has 0 aromatic heterocycles. The van der Waals surface area contributed by atoms with Crippen LogP contribution in [0.25, 0.3) is 0 Å². The topological polar surface area (TPSA) is 35.6 Å². The lowest BCUT2D eigenvalue weighted by molar-refractivity contribution is -0.132. The highest BCUT2D eigenvalue weighted by Gasteiger charge is 2.52. The van der Waals surface area contributed by atoms with Crippen LogP contribution in [-0.4, -0.2) is 60.5 Å². The molecule has 4 fully saturated rings. The van der Waals surface area contributed by atoms with Crippen LogP contribution in [0.2, 0.25) is 0 Å². The Kier molecular flexibility index (Phi) is 5.38. The first kappa shape index (κ1) is 17.8. The molecule has 4 aliphatic rings. The van der Waals surface area contributed by atoms with E-state index in [0.29, 0.717) is 35.9 Å². The van der Waals surface area contributed by atoms with E-state index in [0.717, 1.165) is 18.9 Å². The zero-order valence-corrected chi connectivity index (χ0v) is 16.3. The van der Waals surface area contributed by atoms with Crippen LogP contribution in [0, 0.1) is 17.8 Å². The second kappa shape index (κ2) is 7.56. The fourth-order valence-electron chi connectivity index (χ4n) is 6.24. The Morgan fingerprint density at radius 2 is 1.80 bits per heavy atom. The number of carbonyl (C=O) groups excluding carboxylic acids is 1. The standard InChI is InChI=1S/C21H37N3O/c1-15-12-20-18(13-21(25)24(20)17-6-4-3-5-7-17)19(15)14-22-16-8-10-23(2)11-9-16/h15-20,22H,3-14H2,1-2H3/t15-,18-,19+,20+/m0/s1. The molecule has 2 saturated heterocycles. The smallest absolute Gasteiger partial charge is 0.223 e. The number of piperidine rings is 1. The van der Waals surface area contributed by atoms with E-state index in [1.54, 1.807) is 0 Å². The van der Waals surface area contributed by atoms with Gasteiger partial charge in [-0.05, 0) is 76.5 Å². The van der Waals surface area contributed by atoms with Gasteiger partial charge in [-0.1, -0.05) is 26.2 Å². The second-order valence-corrected chi connectivity index (χ2v) is 9.39. The van der Waals surface area contributed by atoms with Gasteiger partial charge in [-0.2, -0.15) is 0 Å². The molecule has 4 rings (SSSR count). The lowest BCUT2D eigenvalue weighted by atomic mass is 9.88. The summed E-state index contributed by atoms with van der Waals surface area (Å²) in [5.74, 6) is 2.54. The van der Waals surface area contributed by atoms with Gasteiger partial charge in [-0.15, -0.1) is 0 Å². The molecule has 2 heterocycles. The van der Waals surface area contributed by atoms with Crippen molar-refractivity contribution < 1.29 is 4.79 Å². The lowest BCUT2D eigenvalue weighted by Crippen LogP contribution is -2.44. The van der Waals surface area contributed by atoms with Gasteiger partial charge in [0.15, 0.2) is 0 Å².